The Bertz CT molecular complexity index is 557. The van der Waals surface area contributed by atoms with Gasteiger partial charge < -0.3 is 10.1 Å². The molecule has 0 aliphatic carbocycles. The Kier molecular flexibility index (Phi) is 4.68. The number of alkyl halides is 2. The maximum atomic E-state index is 12.4. The molecule has 1 aromatic heterocycles. The summed E-state index contributed by atoms with van der Waals surface area (Å²) in [6.45, 7) is -0.314. The van der Waals surface area contributed by atoms with Gasteiger partial charge in [0.25, 0.3) is 0 Å². The van der Waals surface area contributed by atoms with Gasteiger partial charge in [-0.25, -0.2) is 0 Å². The van der Waals surface area contributed by atoms with Crippen LogP contribution in [0.1, 0.15) is 24.2 Å². The highest BCUT2D eigenvalue weighted by molar-refractivity contribution is 5.35. The van der Waals surface area contributed by atoms with Gasteiger partial charge in [-0.2, -0.15) is 13.9 Å². The number of para-hydroxylation sites is 1. The van der Waals surface area contributed by atoms with E-state index in [0.717, 1.165) is 5.69 Å². The monoisotopic (exact) mass is 281 g/mol. The minimum atomic E-state index is -2.82. The summed E-state index contributed by atoms with van der Waals surface area (Å²) < 4.78 is 31.0. The molecule has 6 heteroatoms. The second kappa shape index (κ2) is 6.47. The highest BCUT2D eigenvalue weighted by Crippen LogP contribution is 2.26. The molecule has 108 valence electrons. The van der Waals surface area contributed by atoms with Crippen LogP contribution in [0.4, 0.5) is 8.78 Å². The molecule has 20 heavy (non-hydrogen) atoms. The van der Waals surface area contributed by atoms with Crippen molar-refractivity contribution in [2.45, 2.75) is 26.1 Å². The highest BCUT2D eigenvalue weighted by Gasteiger charge is 2.14. The van der Waals surface area contributed by atoms with Crippen LogP contribution in [0.15, 0.2) is 36.5 Å². The van der Waals surface area contributed by atoms with E-state index in [1.807, 2.05) is 20.0 Å². The average molecular weight is 281 g/mol. The van der Waals surface area contributed by atoms with Gasteiger partial charge in [0.15, 0.2) is 0 Å². The summed E-state index contributed by atoms with van der Waals surface area (Å²) in [5, 5.41) is 7.35. The number of hydrogen-bond donors (Lipinski definition) is 1. The van der Waals surface area contributed by atoms with Gasteiger partial charge in [0.05, 0.1) is 5.69 Å². The third kappa shape index (κ3) is 3.54. The molecule has 0 aliphatic heterocycles. The van der Waals surface area contributed by atoms with Crippen LogP contribution >= 0.6 is 0 Å². The first-order valence-electron chi connectivity index (χ1n) is 6.32. The van der Waals surface area contributed by atoms with Crippen molar-refractivity contribution in [3.8, 4) is 5.75 Å². The molecule has 4 nitrogen and oxygen atoms in total. The van der Waals surface area contributed by atoms with Crippen LogP contribution in [-0.2, 0) is 13.6 Å². The van der Waals surface area contributed by atoms with E-state index < -0.39 is 6.61 Å². The molecule has 0 amide bonds. The minimum absolute atomic E-state index is 0.111. The lowest BCUT2D eigenvalue weighted by Crippen LogP contribution is -2.20. The second-order valence-corrected chi connectivity index (χ2v) is 4.47. The van der Waals surface area contributed by atoms with Gasteiger partial charge in [-0.1, -0.05) is 18.2 Å². The van der Waals surface area contributed by atoms with Crippen LogP contribution in [-0.4, -0.2) is 16.4 Å². The fraction of sp³-hybridized carbons (Fsp3) is 0.357. The first kappa shape index (κ1) is 14.5. The number of nitrogens with one attached hydrogen (secondary N) is 1. The average Bonchev–Trinajstić information content (AvgIpc) is 2.81. The summed E-state index contributed by atoms with van der Waals surface area (Å²) in [7, 11) is 1.86. The van der Waals surface area contributed by atoms with Crippen LogP contribution in [0.25, 0.3) is 0 Å². The Morgan fingerprint density at radius 2 is 2.05 bits per heavy atom. The first-order valence-corrected chi connectivity index (χ1v) is 6.32. The van der Waals surface area contributed by atoms with Gasteiger partial charge >= 0.3 is 6.61 Å². The van der Waals surface area contributed by atoms with Crippen molar-refractivity contribution in [1.29, 1.82) is 0 Å². The molecule has 1 atom stereocenters. The summed E-state index contributed by atoms with van der Waals surface area (Å²) in [6, 6.07) is 8.59. The number of halogens is 2. The quantitative estimate of drug-likeness (QED) is 0.885. The molecule has 0 radical (unpaired) electrons. The Balaban J connectivity index is 2.05. The molecule has 1 N–H and O–H groups in total. The maximum Gasteiger partial charge on any atom is 0.387 e. The molecular weight excluding hydrogens is 264 g/mol. The second-order valence-electron chi connectivity index (χ2n) is 4.47. The van der Waals surface area contributed by atoms with E-state index in [9.17, 15) is 8.78 Å². The van der Waals surface area contributed by atoms with Crippen molar-refractivity contribution in [3.63, 3.8) is 0 Å². The Morgan fingerprint density at radius 3 is 2.70 bits per heavy atom. The van der Waals surface area contributed by atoms with E-state index in [2.05, 4.69) is 15.2 Å². The maximum absolute atomic E-state index is 12.4. The lowest BCUT2D eigenvalue weighted by molar-refractivity contribution is -0.0506. The van der Waals surface area contributed by atoms with E-state index in [1.54, 1.807) is 35.1 Å². The van der Waals surface area contributed by atoms with Gasteiger partial charge in [-0.15, -0.1) is 0 Å². The first-order chi connectivity index (χ1) is 9.58. The number of ether oxygens (including phenoxy) is 1. The zero-order valence-corrected chi connectivity index (χ0v) is 11.4. The fourth-order valence-electron chi connectivity index (χ4n) is 1.98. The lowest BCUT2D eigenvalue weighted by Gasteiger charge is -2.18. The molecule has 0 bridgehead atoms. The molecule has 0 saturated heterocycles. The number of rotatable bonds is 6. The largest absolute Gasteiger partial charge is 0.434 e. The van der Waals surface area contributed by atoms with E-state index >= 15 is 0 Å². The van der Waals surface area contributed by atoms with E-state index in [1.165, 1.54) is 0 Å². The molecule has 0 saturated carbocycles. The van der Waals surface area contributed by atoms with Crippen molar-refractivity contribution in [3.05, 3.63) is 47.8 Å². The highest BCUT2D eigenvalue weighted by atomic mass is 19.3. The molecule has 1 unspecified atom stereocenters. The van der Waals surface area contributed by atoms with Crippen molar-refractivity contribution in [2.75, 3.05) is 0 Å². The van der Waals surface area contributed by atoms with Crippen LogP contribution in [0.3, 0.4) is 0 Å². The number of aromatic nitrogens is 2. The van der Waals surface area contributed by atoms with Gasteiger partial charge in [-0.3, -0.25) is 4.68 Å². The summed E-state index contributed by atoms with van der Waals surface area (Å²) in [5.41, 5.74) is 1.72. The van der Waals surface area contributed by atoms with Crippen LogP contribution in [0.5, 0.6) is 5.75 Å². The number of benzene rings is 1. The van der Waals surface area contributed by atoms with Crippen LogP contribution < -0.4 is 10.1 Å². The number of aryl methyl sites for hydroxylation is 1. The molecule has 0 spiro atoms. The summed E-state index contributed by atoms with van der Waals surface area (Å²) >= 11 is 0. The van der Waals surface area contributed by atoms with Crippen LogP contribution in [0.2, 0.25) is 0 Å². The van der Waals surface area contributed by atoms with Crippen molar-refractivity contribution in [1.82, 2.24) is 15.1 Å². The van der Waals surface area contributed by atoms with E-state index in [4.69, 9.17) is 0 Å². The Hall–Kier alpha value is -1.95. The topological polar surface area (TPSA) is 39.1 Å². The van der Waals surface area contributed by atoms with E-state index in [-0.39, 0.29) is 11.8 Å². The van der Waals surface area contributed by atoms with Gasteiger partial charge in [0, 0.05) is 31.4 Å². The Morgan fingerprint density at radius 1 is 1.30 bits per heavy atom. The summed E-state index contributed by atoms with van der Waals surface area (Å²) in [4.78, 5) is 0. The smallest absolute Gasteiger partial charge is 0.387 e. The molecule has 2 rings (SSSR count). The molecular formula is C14H17F2N3O. The summed E-state index contributed by atoms with van der Waals surface area (Å²) in [6.07, 6.45) is 1.72. The Labute approximate surface area is 116 Å². The van der Waals surface area contributed by atoms with Crippen molar-refractivity contribution < 1.29 is 13.5 Å². The van der Waals surface area contributed by atoms with Crippen molar-refractivity contribution in [2.24, 2.45) is 7.05 Å². The van der Waals surface area contributed by atoms with Gasteiger partial charge in [0.1, 0.15) is 5.75 Å². The zero-order valence-electron chi connectivity index (χ0n) is 11.4. The normalized spacial score (nSPS) is 12.7. The summed E-state index contributed by atoms with van der Waals surface area (Å²) in [5.74, 6) is 0.201. The third-order valence-electron chi connectivity index (χ3n) is 3.11. The van der Waals surface area contributed by atoms with E-state index in [0.29, 0.717) is 12.1 Å². The van der Waals surface area contributed by atoms with Crippen LogP contribution in [0, 0.1) is 0 Å². The van der Waals surface area contributed by atoms with Crippen molar-refractivity contribution >= 4 is 0 Å². The molecule has 0 aliphatic rings. The van der Waals surface area contributed by atoms with Gasteiger partial charge in [0.2, 0.25) is 0 Å². The standard InChI is InChI=1S/C14H17F2N3O/c1-10(17-9-11-7-8-18-19(11)2)12-5-3-4-6-13(12)20-14(15)16/h3-8,10,14,17H,9H2,1-2H3. The zero-order chi connectivity index (χ0) is 14.5. The lowest BCUT2D eigenvalue weighted by atomic mass is 10.1. The third-order valence-corrected chi connectivity index (χ3v) is 3.11. The van der Waals surface area contributed by atoms with Gasteiger partial charge in [-0.05, 0) is 19.1 Å². The predicted octanol–water partition coefficient (Wildman–Crippen LogP) is 2.87. The molecule has 1 aromatic carbocycles. The molecule has 1 heterocycles. The minimum Gasteiger partial charge on any atom is -0.434 e. The number of nitrogens with zero attached hydrogens (tertiary/aromatic N) is 2. The number of hydrogen-bond acceptors (Lipinski definition) is 3. The fourth-order valence-corrected chi connectivity index (χ4v) is 1.98. The predicted molar refractivity (Wildman–Crippen MR) is 71.5 cm³/mol. The SMILES string of the molecule is CC(NCc1ccnn1C)c1ccccc1OC(F)F. The molecule has 2 aromatic rings. The molecule has 0 fully saturated rings.